The Kier molecular flexibility index (Phi) is 3.51. The first-order chi connectivity index (χ1) is 11.7. The van der Waals surface area contributed by atoms with Crippen molar-refractivity contribution in [2.24, 2.45) is 0 Å². The Hall–Kier alpha value is -3.12. The van der Waals surface area contributed by atoms with Crippen molar-refractivity contribution in [2.75, 3.05) is 0 Å². The van der Waals surface area contributed by atoms with Crippen LogP contribution >= 0.6 is 11.6 Å². The van der Waals surface area contributed by atoms with Crippen molar-refractivity contribution in [1.29, 1.82) is 0 Å². The van der Waals surface area contributed by atoms with E-state index in [9.17, 15) is 5.11 Å². The van der Waals surface area contributed by atoms with Crippen molar-refractivity contribution < 1.29 is 9.84 Å². The zero-order valence-electron chi connectivity index (χ0n) is 12.3. The van der Waals surface area contributed by atoms with E-state index in [1.165, 1.54) is 6.20 Å². The van der Waals surface area contributed by atoms with Gasteiger partial charge in [0.2, 0.25) is 0 Å². The van der Waals surface area contributed by atoms with Crippen LogP contribution in [-0.4, -0.2) is 25.0 Å². The van der Waals surface area contributed by atoms with Crippen LogP contribution in [0.5, 0.6) is 17.5 Å². The minimum atomic E-state index is -0.289. The lowest BCUT2D eigenvalue weighted by Gasteiger charge is -2.08. The number of pyridine rings is 1. The molecule has 0 aliphatic rings. The fraction of sp³-hybridized carbons (Fsp3) is 0. The van der Waals surface area contributed by atoms with Gasteiger partial charge in [0.25, 0.3) is 0 Å². The summed E-state index contributed by atoms with van der Waals surface area (Å²) in [6, 6.07) is 10.3. The molecular weight excluding hydrogens is 328 g/mol. The summed E-state index contributed by atoms with van der Waals surface area (Å²) in [4.78, 5) is 15.1. The van der Waals surface area contributed by atoms with Crippen LogP contribution in [0.2, 0.25) is 5.02 Å². The summed E-state index contributed by atoms with van der Waals surface area (Å²) in [5, 5.41) is 10.9. The van der Waals surface area contributed by atoms with E-state index in [1.54, 1.807) is 36.7 Å². The second-order valence-electron chi connectivity index (χ2n) is 5.04. The monoisotopic (exact) mass is 338 g/mol. The number of aromatic hydroxyl groups is 1. The largest absolute Gasteiger partial charge is 0.479 e. The van der Waals surface area contributed by atoms with Gasteiger partial charge in [-0.2, -0.15) is 4.98 Å². The Morgan fingerprint density at radius 1 is 1.08 bits per heavy atom. The van der Waals surface area contributed by atoms with Gasteiger partial charge in [-0.3, -0.25) is 0 Å². The maximum atomic E-state index is 9.53. The van der Waals surface area contributed by atoms with Crippen molar-refractivity contribution in [1.82, 2.24) is 19.9 Å². The third-order valence-electron chi connectivity index (χ3n) is 3.48. The Labute approximate surface area is 141 Å². The smallest absolute Gasteiger partial charge is 0.314 e. The number of rotatable bonds is 3. The normalized spacial score (nSPS) is 10.9. The van der Waals surface area contributed by atoms with Gasteiger partial charge in [-0.1, -0.05) is 17.7 Å². The molecule has 0 aliphatic carbocycles. The maximum Gasteiger partial charge on any atom is 0.314 e. The lowest BCUT2D eigenvalue weighted by molar-refractivity contribution is 0.431. The van der Waals surface area contributed by atoms with Gasteiger partial charge in [-0.15, -0.1) is 0 Å². The lowest BCUT2D eigenvalue weighted by atomic mass is 10.1. The zero-order valence-corrected chi connectivity index (χ0v) is 13.0. The molecule has 0 fully saturated rings. The number of nitrogens with zero attached hydrogens (tertiary/aromatic N) is 3. The molecule has 0 amide bonds. The maximum absolute atomic E-state index is 9.53. The zero-order chi connectivity index (χ0) is 16.5. The standard InChI is InChI=1S/C17H11ClN4O2/c18-10-2-1-3-11(8-10)24-14-5-7-19-16-15(14)12(9-21-16)13-4-6-20-17(23)22-13/h1-9H,(H,19,21)(H,20,22,23). The summed E-state index contributed by atoms with van der Waals surface area (Å²) >= 11 is 6.01. The van der Waals surface area contributed by atoms with Gasteiger partial charge in [0.15, 0.2) is 0 Å². The molecule has 3 heterocycles. The summed E-state index contributed by atoms with van der Waals surface area (Å²) < 4.78 is 5.97. The number of hydrogen-bond acceptors (Lipinski definition) is 5. The molecule has 7 heteroatoms. The SMILES string of the molecule is Oc1nccc(-c2c[nH]c3nccc(Oc4cccc(Cl)c4)c23)n1. The number of aromatic nitrogens is 4. The first-order valence-electron chi connectivity index (χ1n) is 7.12. The van der Waals surface area contributed by atoms with Crippen molar-refractivity contribution in [2.45, 2.75) is 0 Å². The van der Waals surface area contributed by atoms with Crippen LogP contribution in [-0.2, 0) is 0 Å². The van der Waals surface area contributed by atoms with Gasteiger partial charge in [-0.25, -0.2) is 9.97 Å². The van der Waals surface area contributed by atoms with Crippen LogP contribution in [0.3, 0.4) is 0 Å². The summed E-state index contributed by atoms with van der Waals surface area (Å²) in [5.41, 5.74) is 1.98. The van der Waals surface area contributed by atoms with Crippen LogP contribution in [0.15, 0.2) is 55.0 Å². The molecule has 2 N–H and O–H groups in total. The molecule has 0 bridgehead atoms. The molecule has 0 saturated carbocycles. The predicted octanol–water partition coefficient (Wildman–Crippen LogP) is 4.17. The Morgan fingerprint density at radius 3 is 2.79 bits per heavy atom. The van der Waals surface area contributed by atoms with E-state index in [2.05, 4.69) is 19.9 Å². The van der Waals surface area contributed by atoms with E-state index in [4.69, 9.17) is 16.3 Å². The highest BCUT2D eigenvalue weighted by molar-refractivity contribution is 6.30. The quantitative estimate of drug-likeness (QED) is 0.585. The third kappa shape index (κ3) is 2.63. The third-order valence-corrected chi connectivity index (χ3v) is 3.71. The first-order valence-corrected chi connectivity index (χ1v) is 7.50. The van der Waals surface area contributed by atoms with Gasteiger partial charge >= 0.3 is 6.01 Å². The number of nitrogens with one attached hydrogen (secondary N) is 1. The van der Waals surface area contributed by atoms with Crippen LogP contribution in [0.1, 0.15) is 0 Å². The predicted molar refractivity (Wildman–Crippen MR) is 90.3 cm³/mol. The number of fused-ring (bicyclic) bond motifs is 1. The average Bonchev–Trinajstić information content (AvgIpc) is 3.00. The highest BCUT2D eigenvalue weighted by Crippen LogP contribution is 2.36. The molecule has 0 radical (unpaired) electrons. The van der Waals surface area contributed by atoms with E-state index in [-0.39, 0.29) is 6.01 Å². The molecule has 0 saturated heterocycles. The molecule has 24 heavy (non-hydrogen) atoms. The van der Waals surface area contributed by atoms with E-state index in [0.717, 1.165) is 10.9 Å². The van der Waals surface area contributed by atoms with Crippen LogP contribution < -0.4 is 4.74 Å². The molecule has 3 aromatic heterocycles. The molecule has 0 atom stereocenters. The Bertz CT molecular complexity index is 1030. The molecule has 6 nitrogen and oxygen atoms in total. The molecule has 0 spiro atoms. The van der Waals surface area contributed by atoms with Crippen molar-refractivity contribution >= 4 is 22.6 Å². The van der Waals surface area contributed by atoms with Gasteiger partial charge in [0, 0.05) is 29.2 Å². The minimum absolute atomic E-state index is 0.289. The molecule has 1 aromatic carbocycles. The molecular formula is C17H11ClN4O2. The fourth-order valence-electron chi connectivity index (χ4n) is 2.47. The van der Waals surface area contributed by atoms with Crippen LogP contribution in [0.25, 0.3) is 22.3 Å². The highest BCUT2D eigenvalue weighted by Gasteiger charge is 2.14. The minimum Gasteiger partial charge on any atom is -0.479 e. The number of benzene rings is 1. The molecule has 0 unspecified atom stereocenters. The van der Waals surface area contributed by atoms with E-state index in [1.807, 2.05) is 12.1 Å². The van der Waals surface area contributed by atoms with E-state index >= 15 is 0 Å². The van der Waals surface area contributed by atoms with Gasteiger partial charge < -0.3 is 14.8 Å². The number of hydrogen-bond donors (Lipinski definition) is 2. The van der Waals surface area contributed by atoms with Crippen LogP contribution in [0, 0.1) is 0 Å². The van der Waals surface area contributed by atoms with E-state index < -0.39 is 0 Å². The second-order valence-corrected chi connectivity index (χ2v) is 5.47. The van der Waals surface area contributed by atoms with Gasteiger partial charge in [-0.05, 0) is 30.3 Å². The van der Waals surface area contributed by atoms with Crippen molar-refractivity contribution in [3.63, 3.8) is 0 Å². The molecule has 0 aliphatic heterocycles. The highest BCUT2D eigenvalue weighted by atomic mass is 35.5. The van der Waals surface area contributed by atoms with E-state index in [0.29, 0.717) is 27.9 Å². The van der Waals surface area contributed by atoms with Gasteiger partial charge in [0.05, 0.1) is 11.1 Å². The number of ether oxygens (including phenoxy) is 1. The number of H-pyrrole nitrogens is 1. The first kappa shape index (κ1) is 14.5. The number of aromatic amines is 1. The summed E-state index contributed by atoms with van der Waals surface area (Å²) in [5.74, 6) is 1.23. The molecule has 4 aromatic rings. The molecule has 118 valence electrons. The number of halogens is 1. The molecule has 4 rings (SSSR count). The summed E-state index contributed by atoms with van der Waals surface area (Å²) in [6.07, 6.45) is 4.91. The Morgan fingerprint density at radius 2 is 1.96 bits per heavy atom. The fourth-order valence-corrected chi connectivity index (χ4v) is 2.65. The van der Waals surface area contributed by atoms with Crippen LogP contribution in [0.4, 0.5) is 0 Å². The van der Waals surface area contributed by atoms with Crippen molar-refractivity contribution in [3.8, 4) is 28.8 Å². The summed E-state index contributed by atoms with van der Waals surface area (Å²) in [6.45, 7) is 0. The van der Waals surface area contributed by atoms with Gasteiger partial charge in [0.1, 0.15) is 17.1 Å². The lowest BCUT2D eigenvalue weighted by Crippen LogP contribution is -1.89. The topological polar surface area (TPSA) is 83.9 Å². The average molecular weight is 339 g/mol. The Balaban J connectivity index is 1.86. The summed E-state index contributed by atoms with van der Waals surface area (Å²) in [7, 11) is 0. The van der Waals surface area contributed by atoms with Crippen molar-refractivity contribution in [3.05, 3.63) is 60.0 Å². The second kappa shape index (κ2) is 5.82.